The van der Waals surface area contributed by atoms with Gasteiger partial charge >= 0.3 is 5.97 Å². The second kappa shape index (κ2) is 3.83. The van der Waals surface area contributed by atoms with Crippen LogP contribution >= 0.6 is 0 Å². The molecule has 1 aliphatic heterocycles. The number of rotatable bonds is 0. The van der Waals surface area contributed by atoms with Gasteiger partial charge in [-0.2, -0.15) is 0 Å². The molecule has 3 rings (SSSR count). The van der Waals surface area contributed by atoms with Crippen molar-refractivity contribution in [2.75, 3.05) is 6.61 Å². The number of aliphatic hydroxyl groups excluding tert-OH is 1. The molecule has 18 heavy (non-hydrogen) atoms. The molecule has 0 amide bonds. The van der Waals surface area contributed by atoms with Crippen molar-refractivity contribution in [2.45, 2.75) is 46.1 Å². The maximum absolute atomic E-state index is 11.7. The second-order valence-electron chi connectivity index (χ2n) is 7.11. The van der Waals surface area contributed by atoms with Crippen LogP contribution in [0.5, 0.6) is 0 Å². The second-order valence-corrected chi connectivity index (χ2v) is 7.11. The highest BCUT2D eigenvalue weighted by molar-refractivity contribution is 5.92. The highest BCUT2D eigenvalue weighted by Crippen LogP contribution is 2.53. The van der Waals surface area contributed by atoms with Crippen LogP contribution < -0.4 is 0 Å². The molecular formula is C15H22O3. The zero-order valence-electron chi connectivity index (χ0n) is 11.4. The fourth-order valence-corrected chi connectivity index (χ4v) is 4.29. The predicted molar refractivity (Wildman–Crippen MR) is 67.8 cm³/mol. The van der Waals surface area contributed by atoms with Crippen LogP contribution in [0, 0.1) is 23.2 Å². The predicted octanol–water partition coefficient (Wildman–Crippen LogP) is 2.29. The van der Waals surface area contributed by atoms with E-state index in [0.29, 0.717) is 29.8 Å². The maximum Gasteiger partial charge on any atom is 0.334 e. The quantitative estimate of drug-likeness (QED) is 0.671. The normalized spacial score (nSPS) is 42.3. The summed E-state index contributed by atoms with van der Waals surface area (Å²) in [5, 5.41) is 10.6. The van der Waals surface area contributed by atoms with E-state index in [2.05, 4.69) is 20.8 Å². The first-order chi connectivity index (χ1) is 8.39. The third-order valence-electron chi connectivity index (χ3n) is 5.14. The molecular weight excluding hydrogens is 228 g/mol. The van der Waals surface area contributed by atoms with Gasteiger partial charge in [0, 0.05) is 11.1 Å². The van der Waals surface area contributed by atoms with Crippen molar-refractivity contribution in [1.82, 2.24) is 0 Å². The fraction of sp³-hybridized carbons (Fsp3) is 0.800. The van der Waals surface area contributed by atoms with Gasteiger partial charge < -0.3 is 9.84 Å². The highest BCUT2D eigenvalue weighted by atomic mass is 16.5. The van der Waals surface area contributed by atoms with Crippen LogP contribution in [0.4, 0.5) is 0 Å². The smallest absolute Gasteiger partial charge is 0.334 e. The van der Waals surface area contributed by atoms with Gasteiger partial charge in [0.1, 0.15) is 6.61 Å². The minimum absolute atomic E-state index is 0.199. The number of ether oxygens (including phenoxy) is 1. The number of carbonyl (C=O) groups excluding carboxylic acids is 1. The lowest BCUT2D eigenvalue weighted by molar-refractivity contribution is -0.136. The van der Waals surface area contributed by atoms with Crippen molar-refractivity contribution >= 4 is 5.97 Å². The summed E-state index contributed by atoms with van der Waals surface area (Å²) < 4.78 is 5.10. The van der Waals surface area contributed by atoms with Crippen molar-refractivity contribution in [3.05, 3.63) is 11.1 Å². The van der Waals surface area contributed by atoms with Crippen molar-refractivity contribution in [1.29, 1.82) is 0 Å². The summed E-state index contributed by atoms with van der Waals surface area (Å²) >= 11 is 0. The fourth-order valence-electron chi connectivity index (χ4n) is 4.29. The molecule has 3 nitrogen and oxygen atoms in total. The molecule has 0 saturated heterocycles. The van der Waals surface area contributed by atoms with Crippen molar-refractivity contribution in [3.63, 3.8) is 0 Å². The van der Waals surface area contributed by atoms with Gasteiger partial charge in [-0.1, -0.05) is 20.8 Å². The van der Waals surface area contributed by atoms with E-state index in [4.69, 9.17) is 4.74 Å². The van der Waals surface area contributed by atoms with Crippen molar-refractivity contribution in [2.24, 2.45) is 23.2 Å². The van der Waals surface area contributed by atoms with Gasteiger partial charge in [0.25, 0.3) is 0 Å². The van der Waals surface area contributed by atoms with Gasteiger partial charge in [-0.05, 0) is 42.4 Å². The highest BCUT2D eigenvalue weighted by Gasteiger charge is 2.49. The largest absolute Gasteiger partial charge is 0.458 e. The van der Waals surface area contributed by atoms with E-state index in [0.717, 1.165) is 30.4 Å². The van der Waals surface area contributed by atoms with E-state index >= 15 is 0 Å². The molecule has 1 heterocycles. The van der Waals surface area contributed by atoms with Crippen LogP contribution in [0.3, 0.4) is 0 Å². The topological polar surface area (TPSA) is 46.5 Å². The molecule has 1 saturated carbocycles. The summed E-state index contributed by atoms with van der Waals surface area (Å²) in [6.07, 6.45) is 2.52. The summed E-state index contributed by atoms with van der Waals surface area (Å²) in [4.78, 5) is 11.7. The number of carbonyl (C=O) groups is 1. The molecule has 3 aliphatic rings. The van der Waals surface area contributed by atoms with Crippen LogP contribution in [0.15, 0.2) is 11.1 Å². The lowest BCUT2D eigenvalue weighted by Crippen LogP contribution is -2.28. The zero-order valence-corrected chi connectivity index (χ0v) is 11.4. The van der Waals surface area contributed by atoms with Crippen LogP contribution in [0.25, 0.3) is 0 Å². The van der Waals surface area contributed by atoms with E-state index in [1.54, 1.807) is 0 Å². The first-order valence-corrected chi connectivity index (χ1v) is 6.96. The minimum Gasteiger partial charge on any atom is -0.458 e. The molecule has 3 heteroatoms. The summed E-state index contributed by atoms with van der Waals surface area (Å²) in [5.41, 5.74) is 1.95. The Morgan fingerprint density at radius 1 is 1.28 bits per heavy atom. The van der Waals surface area contributed by atoms with Gasteiger partial charge in [-0.25, -0.2) is 4.79 Å². The van der Waals surface area contributed by atoms with Crippen LogP contribution in [-0.2, 0) is 9.53 Å². The molecule has 4 unspecified atom stereocenters. The molecule has 2 aliphatic carbocycles. The number of fused-ring (bicyclic) bond motifs is 1. The molecule has 0 bridgehead atoms. The van der Waals surface area contributed by atoms with Crippen molar-refractivity contribution < 1.29 is 14.6 Å². The molecule has 4 atom stereocenters. The standard InChI is InChI=1S/C15H22O3/c1-8-4-9-12(7-18-14(9)17)13(16)11-6-15(2,3)5-10(8)11/h8,10-11,13,16H,4-7H2,1-3H3. The monoisotopic (exact) mass is 250 g/mol. The van der Waals surface area contributed by atoms with Gasteiger partial charge in [0.2, 0.25) is 0 Å². The number of hydrogen-bond acceptors (Lipinski definition) is 3. The SMILES string of the molecule is CC1CC2=C(COC2=O)C(O)C2CC(C)(C)CC12. The Balaban J connectivity index is 1.97. The summed E-state index contributed by atoms with van der Waals surface area (Å²) in [6.45, 7) is 7.10. The minimum atomic E-state index is -0.469. The Kier molecular flexibility index (Phi) is 2.60. The maximum atomic E-state index is 11.7. The zero-order chi connectivity index (χ0) is 13.1. The van der Waals surface area contributed by atoms with Crippen LogP contribution in [-0.4, -0.2) is 23.8 Å². The number of hydrogen-bond donors (Lipinski definition) is 1. The van der Waals surface area contributed by atoms with Gasteiger partial charge in [0.15, 0.2) is 0 Å². The molecule has 0 aromatic heterocycles. The molecule has 1 N–H and O–H groups in total. The van der Waals surface area contributed by atoms with Gasteiger partial charge in [0.05, 0.1) is 6.10 Å². The molecule has 0 aromatic rings. The van der Waals surface area contributed by atoms with Gasteiger partial charge in [-0.15, -0.1) is 0 Å². The first kappa shape index (κ1) is 12.2. The molecule has 0 radical (unpaired) electrons. The third-order valence-corrected chi connectivity index (χ3v) is 5.14. The summed E-state index contributed by atoms with van der Waals surface area (Å²) in [5.74, 6) is 1.10. The third kappa shape index (κ3) is 1.71. The summed E-state index contributed by atoms with van der Waals surface area (Å²) in [6, 6.07) is 0. The number of cyclic esters (lactones) is 1. The Bertz CT molecular complexity index is 421. The average molecular weight is 250 g/mol. The molecule has 1 fully saturated rings. The number of esters is 1. The van der Waals surface area contributed by atoms with E-state index in [1.165, 1.54) is 0 Å². The first-order valence-electron chi connectivity index (χ1n) is 6.96. The van der Waals surface area contributed by atoms with Crippen molar-refractivity contribution in [3.8, 4) is 0 Å². The van der Waals surface area contributed by atoms with Crippen LogP contribution in [0.1, 0.15) is 40.0 Å². The average Bonchev–Trinajstić information content (AvgIpc) is 2.77. The molecule has 100 valence electrons. The Labute approximate surface area is 108 Å². The van der Waals surface area contributed by atoms with Gasteiger partial charge in [-0.3, -0.25) is 0 Å². The Morgan fingerprint density at radius 2 is 1.94 bits per heavy atom. The Morgan fingerprint density at radius 3 is 2.67 bits per heavy atom. The summed E-state index contributed by atoms with van der Waals surface area (Å²) in [7, 11) is 0. The Hall–Kier alpha value is -0.830. The van der Waals surface area contributed by atoms with E-state index < -0.39 is 6.10 Å². The molecule has 0 aromatic carbocycles. The lowest BCUT2D eigenvalue weighted by atomic mass is 9.81. The van der Waals surface area contributed by atoms with Crippen LogP contribution in [0.2, 0.25) is 0 Å². The van der Waals surface area contributed by atoms with E-state index in [-0.39, 0.29) is 5.97 Å². The molecule has 0 spiro atoms. The van der Waals surface area contributed by atoms with E-state index in [9.17, 15) is 9.90 Å². The number of aliphatic hydroxyl groups is 1. The van der Waals surface area contributed by atoms with E-state index in [1.807, 2.05) is 0 Å². The lowest BCUT2D eigenvalue weighted by Gasteiger charge is -2.26.